The summed E-state index contributed by atoms with van der Waals surface area (Å²) in [4.78, 5) is 27.9. The van der Waals surface area contributed by atoms with Crippen LogP contribution in [0.2, 0.25) is 5.02 Å². The van der Waals surface area contributed by atoms with Crippen molar-refractivity contribution >= 4 is 63.5 Å². The first-order valence-electron chi connectivity index (χ1n) is 11.5. The van der Waals surface area contributed by atoms with E-state index in [0.717, 1.165) is 17.3 Å². The first-order valence-corrected chi connectivity index (χ1v) is 12.7. The summed E-state index contributed by atoms with van der Waals surface area (Å²) in [6.45, 7) is 6.34. The molecule has 6 nitrogen and oxygen atoms in total. The van der Waals surface area contributed by atoms with Gasteiger partial charge >= 0.3 is 0 Å². The molecule has 1 fully saturated rings. The first-order chi connectivity index (χ1) is 17.6. The van der Waals surface area contributed by atoms with E-state index >= 15 is 0 Å². The van der Waals surface area contributed by atoms with Gasteiger partial charge in [-0.2, -0.15) is 0 Å². The van der Waals surface area contributed by atoms with Gasteiger partial charge < -0.3 is 5.32 Å². The van der Waals surface area contributed by atoms with Crippen molar-refractivity contribution in [3.05, 3.63) is 99.2 Å². The highest BCUT2D eigenvalue weighted by Crippen LogP contribution is 2.37. The molecule has 5 rings (SSSR count). The van der Waals surface area contributed by atoms with Gasteiger partial charge in [0.15, 0.2) is 5.71 Å². The Bertz CT molecular complexity index is 1510. The van der Waals surface area contributed by atoms with Crippen LogP contribution in [-0.2, 0) is 15.0 Å². The molecular formula is C28H22ClFN4O2S. The summed E-state index contributed by atoms with van der Waals surface area (Å²) >= 11 is 7.25. The number of benzene rings is 3. The summed E-state index contributed by atoms with van der Waals surface area (Å²) in [5.41, 5.74) is 3.60. The third kappa shape index (κ3) is 5.08. The monoisotopic (exact) mass is 532 g/mol. The van der Waals surface area contributed by atoms with Gasteiger partial charge in [-0.05, 0) is 76.8 Å². The highest BCUT2D eigenvalue weighted by Gasteiger charge is 2.35. The number of amides is 2. The highest BCUT2D eigenvalue weighted by molar-refractivity contribution is 8.19. The lowest BCUT2D eigenvalue weighted by Crippen LogP contribution is -2.29. The van der Waals surface area contributed by atoms with Gasteiger partial charge in [0.05, 0.1) is 16.3 Å². The van der Waals surface area contributed by atoms with Crippen LogP contribution in [0.5, 0.6) is 0 Å². The molecule has 2 amide bonds. The van der Waals surface area contributed by atoms with E-state index in [1.165, 1.54) is 17.0 Å². The molecule has 0 saturated carbocycles. The molecule has 37 heavy (non-hydrogen) atoms. The van der Waals surface area contributed by atoms with E-state index in [0.29, 0.717) is 32.4 Å². The van der Waals surface area contributed by atoms with Crippen molar-refractivity contribution in [2.24, 2.45) is 10.2 Å². The summed E-state index contributed by atoms with van der Waals surface area (Å²) < 4.78 is 13.4. The number of rotatable bonds is 3. The Kier molecular flexibility index (Phi) is 6.47. The number of nitrogens with zero attached hydrogens (tertiary/aromatic N) is 3. The van der Waals surface area contributed by atoms with Crippen LogP contribution < -0.4 is 10.2 Å². The van der Waals surface area contributed by atoms with Gasteiger partial charge in [0.25, 0.3) is 11.8 Å². The quantitative estimate of drug-likeness (QED) is 0.304. The van der Waals surface area contributed by atoms with Crippen molar-refractivity contribution in [1.29, 1.82) is 0 Å². The smallest absolute Gasteiger partial charge is 0.276 e. The second-order valence-corrected chi connectivity index (χ2v) is 11.0. The van der Waals surface area contributed by atoms with E-state index in [1.54, 1.807) is 36.4 Å². The molecule has 1 saturated heterocycles. The lowest BCUT2D eigenvalue weighted by atomic mass is 9.87. The van der Waals surface area contributed by atoms with Crippen LogP contribution in [0.25, 0.3) is 6.08 Å². The van der Waals surface area contributed by atoms with Crippen LogP contribution in [0, 0.1) is 5.82 Å². The Morgan fingerprint density at radius 2 is 1.68 bits per heavy atom. The molecule has 0 unspecified atom stereocenters. The zero-order chi connectivity index (χ0) is 26.3. The van der Waals surface area contributed by atoms with E-state index in [1.807, 2.05) is 24.3 Å². The van der Waals surface area contributed by atoms with Crippen molar-refractivity contribution < 1.29 is 14.0 Å². The Morgan fingerprint density at radius 1 is 0.973 bits per heavy atom. The van der Waals surface area contributed by atoms with Crippen molar-refractivity contribution in [2.75, 3.05) is 10.2 Å². The number of nitrogens with one attached hydrogen (secondary N) is 1. The molecule has 3 aromatic carbocycles. The maximum atomic E-state index is 13.5. The lowest BCUT2D eigenvalue weighted by Gasteiger charge is -2.21. The first kappa shape index (κ1) is 24.9. The van der Waals surface area contributed by atoms with Crippen molar-refractivity contribution in [1.82, 2.24) is 0 Å². The SMILES string of the molecule is CC(C)(C)c1ccc(N2C(=O)C(=Cc3ccc(F)cc3)SC2=NN=C2C(=O)Nc3ccc(Cl)cc32)cc1. The average molecular weight is 533 g/mol. The van der Waals surface area contributed by atoms with Gasteiger partial charge in [-0.1, -0.05) is 56.6 Å². The van der Waals surface area contributed by atoms with Gasteiger partial charge in [0.1, 0.15) is 5.82 Å². The normalized spacial score (nSPS) is 18.7. The largest absolute Gasteiger partial charge is 0.320 e. The summed E-state index contributed by atoms with van der Waals surface area (Å²) in [6.07, 6.45) is 1.68. The summed E-state index contributed by atoms with van der Waals surface area (Å²) in [6, 6.07) is 18.5. The summed E-state index contributed by atoms with van der Waals surface area (Å²) in [5, 5.41) is 12.1. The number of thioether (sulfide) groups is 1. The number of halogens is 2. The van der Waals surface area contributed by atoms with E-state index < -0.39 is 5.91 Å². The van der Waals surface area contributed by atoms with Gasteiger partial charge in [-0.3, -0.25) is 14.5 Å². The molecule has 0 aromatic heterocycles. The standard InChI is InChI=1S/C28H22ClFN4O2S/c1-28(2,3)17-6-11-20(12-7-17)34-26(36)23(14-16-4-9-19(30)10-5-16)37-27(34)33-32-24-21-15-18(29)8-13-22(21)31-25(24)35/h4-15H,1-3H3,(H,31,32,35). The highest BCUT2D eigenvalue weighted by atomic mass is 35.5. The molecule has 0 bridgehead atoms. The van der Waals surface area contributed by atoms with Crippen molar-refractivity contribution in [3.63, 3.8) is 0 Å². The van der Waals surface area contributed by atoms with E-state index in [4.69, 9.17) is 11.6 Å². The third-order valence-electron chi connectivity index (χ3n) is 5.90. The predicted octanol–water partition coefficient (Wildman–Crippen LogP) is 6.61. The third-order valence-corrected chi connectivity index (χ3v) is 7.10. The van der Waals surface area contributed by atoms with E-state index in [2.05, 4.69) is 36.3 Å². The van der Waals surface area contributed by atoms with Crippen LogP contribution in [0.1, 0.15) is 37.5 Å². The fourth-order valence-corrected chi connectivity index (χ4v) is 5.01. The molecule has 3 aromatic rings. The van der Waals surface area contributed by atoms with Crippen molar-refractivity contribution in [2.45, 2.75) is 26.2 Å². The number of hydrogen-bond acceptors (Lipinski definition) is 5. The summed E-state index contributed by atoms with van der Waals surface area (Å²) in [7, 11) is 0. The Hall–Kier alpha value is -3.75. The molecule has 186 valence electrons. The van der Waals surface area contributed by atoms with Crippen LogP contribution >= 0.6 is 23.4 Å². The van der Waals surface area contributed by atoms with E-state index in [9.17, 15) is 14.0 Å². The Morgan fingerprint density at radius 3 is 2.35 bits per heavy atom. The maximum Gasteiger partial charge on any atom is 0.276 e. The molecule has 0 radical (unpaired) electrons. The van der Waals surface area contributed by atoms with Crippen LogP contribution in [0.3, 0.4) is 0 Å². The topological polar surface area (TPSA) is 74.1 Å². The predicted molar refractivity (Wildman–Crippen MR) is 149 cm³/mol. The zero-order valence-corrected chi connectivity index (χ0v) is 21.8. The van der Waals surface area contributed by atoms with Gasteiger partial charge in [0, 0.05) is 10.6 Å². The van der Waals surface area contributed by atoms with Crippen LogP contribution in [0.15, 0.2) is 81.8 Å². The van der Waals surface area contributed by atoms with Gasteiger partial charge in [-0.25, -0.2) is 4.39 Å². The van der Waals surface area contributed by atoms with Crippen molar-refractivity contribution in [3.8, 4) is 0 Å². The summed E-state index contributed by atoms with van der Waals surface area (Å²) in [5.74, 6) is -1.06. The molecule has 0 spiro atoms. The average Bonchev–Trinajstić information content (AvgIpc) is 3.33. The number of fused-ring (bicyclic) bond motifs is 1. The minimum atomic E-state index is -0.404. The molecule has 2 heterocycles. The fraction of sp³-hybridized carbons (Fsp3) is 0.143. The molecule has 0 aliphatic carbocycles. The molecule has 1 N–H and O–H groups in total. The van der Waals surface area contributed by atoms with Gasteiger partial charge in [-0.15, -0.1) is 10.2 Å². The Balaban J connectivity index is 1.57. The zero-order valence-electron chi connectivity index (χ0n) is 20.3. The number of carbonyl (C=O) groups excluding carboxylic acids is 2. The van der Waals surface area contributed by atoms with E-state index in [-0.39, 0.29) is 28.0 Å². The fourth-order valence-electron chi connectivity index (χ4n) is 3.91. The molecule has 2 aliphatic rings. The van der Waals surface area contributed by atoms with Crippen LogP contribution in [-0.4, -0.2) is 22.7 Å². The Labute approximate surface area is 222 Å². The molecule has 0 atom stereocenters. The molecule has 9 heteroatoms. The second kappa shape index (κ2) is 9.61. The number of amidine groups is 1. The minimum Gasteiger partial charge on any atom is -0.320 e. The molecular weight excluding hydrogens is 511 g/mol. The lowest BCUT2D eigenvalue weighted by molar-refractivity contribution is -0.113. The second-order valence-electron chi connectivity index (χ2n) is 9.57. The molecule has 2 aliphatic heterocycles. The number of carbonyl (C=O) groups is 2. The van der Waals surface area contributed by atoms with Gasteiger partial charge in [0.2, 0.25) is 5.17 Å². The van der Waals surface area contributed by atoms with Crippen LogP contribution in [0.4, 0.5) is 15.8 Å². The minimum absolute atomic E-state index is 0.0522. The maximum absolute atomic E-state index is 13.5. The number of anilines is 2. The number of hydrogen-bond donors (Lipinski definition) is 1.